The van der Waals surface area contributed by atoms with Crippen LogP contribution in [0.3, 0.4) is 0 Å². The van der Waals surface area contributed by atoms with Crippen LogP contribution in [-0.4, -0.2) is 71.2 Å². The molecule has 1 atom stereocenters. The van der Waals surface area contributed by atoms with Crippen molar-refractivity contribution in [3.63, 3.8) is 0 Å². The van der Waals surface area contributed by atoms with Crippen molar-refractivity contribution in [2.45, 2.75) is 26.3 Å². The van der Waals surface area contributed by atoms with Crippen LogP contribution < -0.4 is 4.90 Å². The predicted molar refractivity (Wildman–Crippen MR) is 129 cm³/mol. The lowest BCUT2D eigenvalue weighted by molar-refractivity contribution is -0.136. The van der Waals surface area contributed by atoms with Gasteiger partial charge in [-0.2, -0.15) is 0 Å². The van der Waals surface area contributed by atoms with Crippen LogP contribution >= 0.6 is 0 Å². The van der Waals surface area contributed by atoms with Gasteiger partial charge in [0.1, 0.15) is 0 Å². The Morgan fingerprint density at radius 3 is 2.15 bits per heavy atom. The summed E-state index contributed by atoms with van der Waals surface area (Å²) in [5.41, 5.74) is 2.93. The minimum Gasteiger partial charge on any atom is -0.416 e. The van der Waals surface area contributed by atoms with Crippen molar-refractivity contribution in [3.8, 4) is 22.9 Å². The molecular formula is C26H31N5O2. The zero-order valence-corrected chi connectivity index (χ0v) is 19.4. The fourth-order valence-electron chi connectivity index (χ4n) is 4.77. The van der Waals surface area contributed by atoms with Gasteiger partial charge in [-0.3, -0.25) is 9.69 Å². The number of aromatic nitrogens is 2. The fourth-order valence-corrected chi connectivity index (χ4v) is 4.77. The van der Waals surface area contributed by atoms with E-state index in [0.717, 1.165) is 62.5 Å². The van der Waals surface area contributed by atoms with E-state index in [1.54, 1.807) is 0 Å². The summed E-state index contributed by atoms with van der Waals surface area (Å²) in [6.07, 6.45) is 0.912. The number of hydrogen-bond acceptors (Lipinski definition) is 6. The molecule has 1 amide bonds. The fraction of sp³-hybridized carbons (Fsp3) is 0.423. The van der Waals surface area contributed by atoms with Gasteiger partial charge in [0.05, 0.1) is 5.92 Å². The molecule has 7 heteroatoms. The molecule has 7 nitrogen and oxygen atoms in total. The summed E-state index contributed by atoms with van der Waals surface area (Å²) in [7, 11) is 0. The van der Waals surface area contributed by atoms with E-state index in [0.29, 0.717) is 23.7 Å². The molecular weight excluding hydrogens is 414 g/mol. The molecule has 2 aliphatic heterocycles. The summed E-state index contributed by atoms with van der Waals surface area (Å²) in [5, 5.41) is 8.39. The predicted octanol–water partition coefficient (Wildman–Crippen LogP) is 3.78. The lowest BCUT2D eigenvalue weighted by atomic mass is 10.1. The second-order valence-electron chi connectivity index (χ2n) is 9.21. The molecule has 2 fully saturated rings. The monoisotopic (exact) mass is 445 g/mol. The van der Waals surface area contributed by atoms with Gasteiger partial charge in [0.25, 0.3) is 0 Å². The Labute approximate surface area is 195 Å². The molecule has 0 radical (unpaired) electrons. The molecule has 0 saturated carbocycles. The summed E-state index contributed by atoms with van der Waals surface area (Å²) in [6.45, 7) is 9.76. The maximum atomic E-state index is 13.1. The molecule has 0 spiro atoms. The molecule has 1 aromatic heterocycles. The van der Waals surface area contributed by atoms with Crippen LogP contribution in [-0.2, 0) is 4.79 Å². The van der Waals surface area contributed by atoms with Crippen molar-refractivity contribution < 1.29 is 9.21 Å². The first-order valence-corrected chi connectivity index (χ1v) is 11.9. The Morgan fingerprint density at radius 1 is 0.879 bits per heavy atom. The van der Waals surface area contributed by atoms with E-state index in [4.69, 9.17) is 4.42 Å². The van der Waals surface area contributed by atoms with Gasteiger partial charge in [-0.25, -0.2) is 0 Å². The van der Waals surface area contributed by atoms with Gasteiger partial charge in [0.15, 0.2) is 0 Å². The van der Waals surface area contributed by atoms with Crippen LogP contribution in [0.5, 0.6) is 0 Å². The summed E-state index contributed by atoms with van der Waals surface area (Å²) >= 11 is 0. The van der Waals surface area contributed by atoms with Crippen LogP contribution in [0.15, 0.2) is 59.0 Å². The highest BCUT2D eigenvalue weighted by Gasteiger charge is 2.33. The molecule has 0 aliphatic carbocycles. The SMILES string of the molecule is CC(C)N1CCN(C(=O)C2CCN(c3ccc(-c4nnc(-c5ccccc5)o4)cc3)C2)CC1. The summed E-state index contributed by atoms with van der Waals surface area (Å²) < 4.78 is 5.87. The van der Waals surface area contributed by atoms with Crippen molar-refractivity contribution in [1.29, 1.82) is 0 Å². The molecule has 3 heterocycles. The van der Waals surface area contributed by atoms with E-state index in [1.165, 1.54) is 0 Å². The molecule has 0 bridgehead atoms. The number of carbonyl (C=O) groups is 1. The first-order valence-electron chi connectivity index (χ1n) is 11.9. The van der Waals surface area contributed by atoms with Crippen molar-refractivity contribution in [2.24, 2.45) is 5.92 Å². The Bertz CT molecular complexity index is 1070. The average Bonchev–Trinajstić information content (AvgIpc) is 3.55. The van der Waals surface area contributed by atoms with Crippen LogP contribution in [0.25, 0.3) is 22.9 Å². The Morgan fingerprint density at radius 2 is 1.52 bits per heavy atom. The Kier molecular flexibility index (Phi) is 6.13. The van der Waals surface area contributed by atoms with E-state index in [-0.39, 0.29) is 5.92 Å². The van der Waals surface area contributed by atoms with Gasteiger partial charge < -0.3 is 14.2 Å². The van der Waals surface area contributed by atoms with Crippen LogP contribution in [0.4, 0.5) is 5.69 Å². The number of amides is 1. The van der Waals surface area contributed by atoms with Gasteiger partial charge in [0.2, 0.25) is 17.7 Å². The Hall–Kier alpha value is -3.19. The van der Waals surface area contributed by atoms with Crippen LogP contribution in [0.2, 0.25) is 0 Å². The molecule has 2 saturated heterocycles. The molecule has 33 heavy (non-hydrogen) atoms. The van der Waals surface area contributed by atoms with E-state index in [2.05, 4.69) is 50.9 Å². The largest absolute Gasteiger partial charge is 0.416 e. The second kappa shape index (κ2) is 9.35. The molecule has 5 rings (SSSR count). The highest BCUT2D eigenvalue weighted by Crippen LogP contribution is 2.29. The van der Waals surface area contributed by atoms with Gasteiger partial charge in [-0.05, 0) is 56.7 Å². The van der Waals surface area contributed by atoms with E-state index < -0.39 is 0 Å². The molecule has 2 aliphatic rings. The molecule has 2 aromatic carbocycles. The number of rotatable bonds is 5. The third-order valence-corrected chi connectivity index (χ3v) is 6.82. The normalized spacial score (nSPS) is 19.4. The minimum absolute atomic E-state index is 0.0830. The first kappa shape index (κ1) is 21.6. The zero-order chi connectivity index (χ0) is 22.8. The number of nitrogens with zero attached hydrogens (tertiary/aromatic N) is 5. The van der Waals surface area contributed by atoms with Crippen LogP contribution in [0, 0.1) is 5.92 Å². The number of hydrogen-bond donors (Lipinski definition) is 0. The maximum absolute atomic E-state index is 13.1. The number of anilines is 1. The smallest absolute Gasteiger partial charge is 0.248 e. The van der Waals surface area contributed by atoms with Crippen LogP contribution in [0.1, 0.15) is 20.3 Å². The van der Waals surface area contributed by atoms with Crippen molar-refractivity contribution in [1.82, 2.24) is 20.0 Å². The van der Waals surface area contributed by atoms with Gasteiger partial charge >= 0.3 is 0 Å². The van der Waals surface area contributed by atoms with Gasteiger partial charge in [-0.15, -0.1) is 10.2 Å². The standard InChI is InChI=1S/C26H31N5O2/c1-19(2)29-14-16-30(17-15-29)26(32)22-12-13-31(18-22)23-10-8-21(9-11-23)25-28-27-24(33-25)20-6-4-3-5-7-20/h3-11,19,22H,12-18H2,1-2H3. The third kappa shape index (κ3) is 4.64. The molecule has 172 valence electrons. The van der Waals surface area contributed by atoms with Crippen molar-refractivity contribution in [3.05, 3.63) is 54.6 Å². The third-order valence-electron chi connectivity index (χ3n) is 6.82. The minimum atomic E-state index is 0.0830. The summed E-state index contributed by atoms with van der Waals surface area (Å²) in [4.78, 5) is 19.9. The molecule has 0 N–H and O–H groups in total. The summed E-state index contributed by atoms with van der Waals surface area (Å²) in [5.74, 6) is 1.43. The number of benzene rings is 2. The van der Waals surface area contributed by atoms with E-state index in [9.17, 15) is 4.79 Å². The number of piperazine rings is 1. The topological polar surface area (TPSA) is 65.7 Å². The quantitative estimate of drug-likeness (QED) is 0.596. The zero-order valence-electron chi connectivity index (χ0n) is 19.4. The lowest BCUT2D eigenvalue weighted by Crippen LogP contribution is -2.52. The van der Waals surface area contributed by atoms with E-state index in [1.807, 2.05) is 42.5 Å². The average molecular weight is 446 g/mol. The number of carbonyl (C=O) groups excluding carboxylic acids is 1. The molecule has 3 aromatic rings. The van der Waals surface area contributed by atoms with Crippen molar-refractivity contribution >= 4 is 11.6 Å². The van der Waals surface area contributed by atoms with Gasteiger partial charge in [0, 0.05) is 62.1 Å². The first-order chi connectivity index (χ1) is 16.1. The van der Waals surface area contributed by atoms with E-state index >= 15 is 0 Å². The van der Waals surface area contributed by atoms with Gasteiger partial charge in [-0.1, -0.05) is 18.2 Å². The lowest BCUT2D eigenvalue weighted by Gasteiger charge is -2.37. The maximum Gasteiger partial charge on any atom is 0.248 e. The molecule has 1 unspecified atom stereocenters. The highest BCUT2D eigenvalue weighted by atomic mass is 16.4. The second-order valence-corrected chi connectivity index (χ2v) is 9.21. The summed E-state index contributed by atoms with van der Waals surface area (Å²) in [6, 6.07) is 18.5. The Balaban J connectivity index is 1.19. The highest BCUT2D eigenvalue weighted by molar-refractivity contribution is 5.80. The van der Waals surface area contributed by atoms with Crippen molar-refractivity contribution in [2.75, 3.05) is 44.2 Å².